The van der Waals surface area contributed by atoms with E-state index in [0.717, 1.165) is 3.57 Å². The molecule has 2 rings (SSSR count). The number of aromatic nitrogens is 2. The van der Waals surface area contributed by atoms with Gasteiger partial charge in [-0.2, -0.15) is 0 Å². The van der Waals surface area contributed by atoms with Gasteiger partial charge < -0.3 is 10.5 Å². The molecule has 0 atom stereocenters. The second-order valence-corrected chi connectivity index (χ2v) is 4.39. The number of hydrogen-bond acceptors (Lipinski definition) is 4. The summed E-state index contributed by atoms with van der Waals surface area (Å²) < 4.78 is 6.30. The fourth-order valence-electron chi connectivity index (χ4n) is 1.21. The predicted molar refractivity (Wildman–Crippen MR) is 69.8 cm³/mol. The first-order valence-corrected chi connectivity index (χ1v) is 5.79. The zero-order valence-electron chi connectivity index (χ0n) is 8.63. The summed E-state index contributed by atoms with van der Waals surface area (Å²) in [6, 6.07) is 6.86. The van der Waals surface area contributed by atoms with E-state index in [1.807, 2.05) is 0 Å². The Balaban J connectivity index is 2.30. The van der Waals surface area contributed by atoms with Crippen molar-refractivity contribution in [2.45, 2.75) is 0 Å². The first-order valence-electron chi connectivity index (χ1n) is 4.71. The van der Waals surface area contributed by atoms with Gasteiger partial charge in [0, 0.05) is 16.0 Å². The largest absolute Gasteiger partial charge is 0.423 e. The fraction of sp³-hybridized carbons (Fsp3) is 0. The molecule has 1 aromatic carbocycles. The van der Waals surface area contributed by atoms with Gasteiger partial charge in [0.05, 0.1) is 5.56 Å². The Morgan fingerprint density at radius 2 is 1.88 bits per heavy atom. The molecule has 0 fully saturated rings. The van der Waals surface area contributed by atoms with Gasteiger partial charge in [0.1, 0.15) is 5.75 Å². The lowest BCUT2D eigenvalue weighted by Crippen LogP contribution is -2.12. The molecule has 0 spiro atoms. The third kappa shape index (κ3) is 2.90. The van der Waals surface area contributed by atoms with Gasteiger partial charge in [-0.1, -0.05) is 12.1 Å². The van der Waals surface area contributed by atoms with E-state index in [1.54, 1.807) is 36.7 Å². The lowest BCUT2D eigenvalue weighted by Gasteiger charge is -2.06. The molecule has 0 saturated heterocycles. The van der Waals surface area contributed by atoms with E-state index >= 15 is 0 Å². The Kier molecular flexibility index (Phi) is 3.52. The zero-order chi connectivity index (χ0) is 12.3. The number of nitrogens with zero attached hydrogens (tertiary/aromatic N) is 2. The molecule has 2 aromatic rings. The summed E-state index contributed by atoms with van der Waals surface area (Å²) in [4.78, 5) is 19.1. The normalized spacial score (nSPS) is 9.94. The number of rotatable bonds is 3. The number of primary amides is 1. The summed E-state index contributed by atoms with van der Waals surface area (Å²) in [6.45, 7) is 0. The fourth-order valence-corrected chi connectivity index (χ4v) is 1.49. The minimum atomic E-state index is -0.550. The van der Waals surface area contributed by atoms with Crippen LogP contribution in [0.1, 0.15) is 10.4 Å². The molecule has 1 heterocycles. The van der Waals surface area contributed by atoms with Crippen LogP contribution in [0.3, 0.4) is 0 Å². The highest BCUT2D eigenvalue weighted by Gasteiger charge is 2.10. The summed E-state index contributed by atoms with van der Waals surface area (Å²) in [5.74, 6) is -0.202. The summed E-state index contributed by atoms with van der Waals surface area (Å²) in [5.41, 5.74) is 5.53. The Bertz CT molecular complexity index is 543. The van der Waals surface area contributed by atoms with E-state index in [1.165, 1.54) is 0 Å². The molecule has 1 amide bonds. The molecule has 0 aliphatic rings. The quantitative estimate of drug-likeness (QED) is 0.866. The second-order valence-electron chi connectivity index (χ2n) is 3.15. The first kappa shape index (κ1) is 11.8. The molecular formula is C11H8IN3O2. The molecule has 17 heavy (non-hydrogen) atoms. The monoisotopic (exact) mass is 341 g/mol. The summed E-state index contributed by atoms with van der Waals surface area (Å²) in [5, 5.41) is 0. The van der Waals surface area contributed by atoms with Crippen molar-refractivity contribution in [3.63, 3.8) is 0 Å². The van der Waals surface area contributed by atoms with Crippen molar-refractivity contribution in [2.24, 2.45) is 5.73 Å². The predicted octanol–water partition coefficient (Wildman–Crippen LogP) is 1.97. The minimum absolute atomic E-state index is 0.180. The molecule has 5 nitrogen and oxygen atoms in total. The molecule has 86 valence electrons. The molecule has 6 heteroatoms. The highest BCUT2D eigenvalue weighted by Crippen LogP contribution is 2.22. The number of para-hydroxylation sites is 1. The molecule has 0 saturated carbocycles. The standard InChI is InChI=1S/C11H8IN3O2/c12-7-5-14-11(15-6-7)17-9-4-2-1-3-8(9)10(13)16/h1-6H,(H2,13,16). The molecule has 0 aliphatic carbocycles. The van der Waals surface area contributed by atoms with Gasteiger partial charge >= 0.3 is 6.01 Å². The molecular weight excluding hydrogens is 333 g/mol. The van der Waals surface area contributed by atoms with Crippen molar-refractivity contribution in [2.75, 3.05) is 0 Å². The van der Waals surface area contributed by atoms with Gasteiger partial charge in [0.2, 0.25) is 0 Å². The topological polar surface area (TPSA) is 78.1 Å². The zero-order valence-corrected chi connectivity index (χ0v) is 10.8. The molecule has 0 unspecified atom stereocenters. The number of benzene rings is 1. The summed E-state index contributed by atoms with van der Waals surface area (Å²) in [6.07, 6.45) is 3.24. The molecule has 0 bridgehead atoms. The van der Waals surface area contributed by atoms with Gasteiger partial charge in [-0.15, -0.1) is 0 Å². The van der Waals surface area contributed by atoms with E-state index < -0.39 is 5.91 Å². The Morgan fingerprint density at radius 3 is 2.53 bits per heavy atom. The molecule has 2 N–H and O–H groups in total. The van der Waals surface area contributed by atoms with E-state index in [4.69, 9.17) is 10.5 Å². The number of carbonyl (C=O) groups is 1. The van der Waals surface area contributed by atoms with Crippen molar-refractivity contribution in [3.05, 3.63) is 45.8 Å². The van der Waals surface area contributed by atoms with Crippen LogP contribution in [0.2, 0.25) is 0 Å². The van der Waals surface area contributed by atoms with Gasteiger partial charge in [-0.25, -0.2) is 9.97 Å². The number of hydrogen-bond donors (Lipinski definition) is 1. The maximum absolute atomic E-state index is 11.2. The highest BCUT2D eigenvalue weighted by molar-refractivity contribution is 14.1. The number of carbonyl (C=O) groups excluding carboxylic acids is 1. The number of halogens is 1. The number of ether oxygens (including phenoxy) is 1. The van der Waals surface area contributed by atoms with Gasteiger partial charge in [-0.05, 0) is 34.7 Å². The minimum Gasteiger partial charge on any atom is -0.423 e. The first-order chi connectivity index (χ1) is 8.16. The van der Waals surface area contributed by atoms with Crippen LogP contribution in [0.25, 0.3) is 0 Å². The van der Waals surface area contributed by atoms with Crippen LogP contribution >= 0.6 is 22.6 Å². The molecule has 0 aliphatic heterocycles. The van der Waals surface area contributed by atoms with Crippen molar-refractivity contribution in [1.82, 2.24) is 9.97 Å². The maximum atomic E-state index is 11.2. The Labute approximate surface area is 111 Å². The third-order valence-electron chi connectivity index (χ3n) is 1.95. The third-order valence-corrected chi connectivity index (χ3v) is 2.51. The van der Waals surface area contributed by atoms with Crippen LogP contribution in [0.15, 0.2) is 36.7 Å². The maximum Gasteiger partial charge on any atom is 0.321 e. The molecule has 0 radical (unpaired) electrons. The Morgan fingerprint density at radius 1 is 1.24 bits per heavy atom. The van der Waals surface area contributed by atoms with Gasteiger partial charge in [-0.3, -0.25) is 4.79 Å². The van der Waals surface area contributed by atoms with Crippen LogP contribution in [0.4, 0.5) is 0 Å². The van der Waals surface area contributed by atoms with Crippen LogP contribution in [-0.4, -0.2) is 15.9 Å². The summed E-state index contributed by atoms with van der Waals surface area (Å²) >= 11 is 2.09. The van der Waals surface area contributed by atoms with Gasteiger partial charge in [0.15, 0.2) is 0 Å². The number of nitrogens with two attached hydrogens (primary N) is 1. The Hall–Kier alpha value is -1.70. The lowest BCUT2D eigenvalue weighted by molar-refractivity contribution is 0.0998. The van der Waals surface area contributed by atoms with E-state index in [-0.39, 0.29) is 6.01 Å². The lowest BCUT2D eigenvalue weighted by atomic mass is 10.2. The van der Waals surface area contributed by atoms with Crippen molar-refractivity contribution in [3.8, 4) is 11.8 Å². The molecule has 1 aromatic heterocycles. The van der Waals surface area contributed by atoms with Crippen LogP contribution < -0.4 is 10.5 Å². The van der Waals surface area contributed by atoms with Crippen LogP contribution in [0.5, 0.6) is 11.8 Å². The SMILES string of the molecule is NC(=O)c1ccccc1Oc1ncc(I)cn1. The smallest absolute Gasteiger partial charge is 0.321 e. The van der Waals surface area contributed by atoms with Crippen molar-refractivity contribution >= 4 is 28.5 Å². The van der Waals surface area contributed by atoms with Crippen molar-refractivity contribution < 1.29 is 9.53 Å². The number of amides is 1. The average molecular weight is 341 g/mol. The van der Waals surface area contributed by atoms with Crippen LogP contribution in [-0.2, 0) is 0 Å². The van der Waals surface area contributed by atoms with Gasteiger partial charge in [0.25, 0.3) is 5.91 Å². The second kappa shape index (κ2) is 5.09. The average Bonchev–Trinajstić information content (AvgIpc) is 2.32. The van der Waals surface area contributed by atoms with E-state index in [0.29, 0.717) is 11.3 Å². The van der Waals surface area contributed by atoms with E-state index in [2.05, 4.69) is 32.6 Å². The van der Waals surface area contributed by atoms with Crippen LogP contribution in [0, 0.1) is 3.57 Å². The van der Waals surface area contributed by atoms with Crippen molar-refractivity contribution in [1.29, 1.82) is 0 Å². The van der Waals surface area contributed by atoms with E-state index in [9.17, 15) is 4.79 Å². The highest BCUT2D eigenvalue weighted by atomic mass is 127. The summed E-state index contributed by atoms with van der Waals surface area (Å²) in [7, 11) is 0.